The van der Waals surface area contributed by atoms with Gasteiger partial charge in [-0.1, -0.05) is 23.8 Å². The van der Waals surface area contributed by atoms with Crippen molar-refractivity contribution in [2.24, 2.45) is 5.73 Å². The molecule has 0 unspecified atom stereocenters. The van der Waals surface area contributed by atoms with Gasteiger partial charge in [-0.2, -0.15) is 0 Å². The number of hydrogen-bond donors (Lipinski definition) is 2. The highest BCUT2D eigenvalue weighted by atomic mass is 35.5. The molecule has 0 aliphatic heterocycles. The van der Waals surface area contributed by atoms with Gasteiger partial charge >= 0.3 is 0 Å². The van der Waals surface area contributed by atoms with Crippen LogP contribution >= 0.6 is 11.6 Å². The zero-order chi connectivity index (χ0) is 10.6. The van der Waals surface area contributed by atoms with Crippen LogP contribution in [0.5, 0.6) is 11.5 Å². The molecule has 1 rings (SSSR count). The molecule has 0 fully saturated rings. The number of nitrogens with two attached hydrogens (primary N) is 1. The molecule has 0 atom stereocenters. The van der Waals surface area contributed by atoms with Gasteiger partial charge in [0.05, 0.1) is 12.1 Å². The highest BCUT2D eigenvalue weighted by Gasteiger charge is 2.08. The maximum absolute atomic E-state index is 9.69. The van der Waals surface area contributed by atoms with Crippen LogP contribution < -0.4 is 10.5 Å². The molecular weight excluding hydrogens is 202 g/mol. The fourth-order valence-corrected chi connectivity index (χ4v) is 1.29. The van der Waals surface area contributed by atoms with Crippen molar-refractivity contribution in [3.8, 4) is 11.5 Å². The zero-order valence-corrected chi connectivity index (χ0v) is 8.58. The average molecular weight is 214 g/mol. The molecule has 14 heavy (non-hydrogen) atoms. The van der Waals surface area contributed by atoms with Crippen molar-refractivity contribution in [1.29, 1.82) is 0 Å². The van der Waals surface area contributed by atoms with E-state index in [1.165, 1.54) is 7.11 Å². The van der Waals surface area contributed by atoms with Crippen molar-refractivity contribution < 1.29 is 9.84 Å². The van der Waals surface area contributed by atoms with Crippen LogP contribution in [0.3, 0.4) is 0 Å². The first kappa shape index (κ1) is 10.9. The van der Waals surface area contributed by atoms with E-state index in [9.17, 15) is 5.11 Å². The molecule has 1 aromatic carbocycles. The number of methoxy groups -OCH3 is 1. The first-order chi connectivity index (χ1) is 6.70. The van der Waals surface area contributed by atoms with Gasteiger partial charge in [-0.25, -0.2) is 0 Å². The molecule has 0 spiro atoms. The smallest absolute Gasteiger partial charge is 0.166 e. The Kier molecular flexibility index (Phi) is 3.80. The van der Waals surface area contributed by atoms with Crippen molar-refractivity contribution in [3.63, 3.8) is 0 Å². The van der Waals surface area contributed by atoms with Crippen LogP contribution in [0.15, 0.2) is 18.2 Å². The van der Waals surface area contributed by atoms with Gasteiger partial charge in [-0.15, -0.1) is 0 Å². The van der Waals surface area contributed by atoms with Crippen LogP contribution in [-0.2, 0) is 0 Å². The molecule has 4 heteroatoms. The summed E-state index contributed by atoms with van der Waals surface area (Å²) >= 11 is 5.89. The predicted molar refractivity (Wildman–Crippen MR) is 57.8 cm³/mol. The third-order valence-corrected chi connectivity index (χ3v) is 2.10. The Hall–Kier alpha value is -1.19. The molecule has 0 aliphatic rings. The van der Waals surface area contributed by atoms with Gasteiger partial charge in [0.15, 0.2) is 11.5 Å². The number of benzene rings is 1. The first-order valence-corrected chi connectivity index (χ1v) is 4.50. The summed E-state index contributed by atoms with van der Waals surface area (Å²) in [4.78, 5) is 0. The molecule has 0 radical (unpaired) electrons. The fourth-order valence-electron chi connectivity index (χ4n) is 1.07. The Morgan fingerprint density at radius 3 is 2.86 bits per heavy atom. The Labute approximate surface area is 87.8 Å². The van der Waals surface area contributed by atoms with Gasteiger partial charge in [0, 0.05) is 12.1 Å². The van der Waals surface area contributed by atoms with Gasteiger partial charge in [0.2, 0.25) is 0 Å². The molecule has 3 N–H and O–H groups in total. The lowest BCUT2D eigenvalue weighted by Crippen LogP contribution is -1.92. The lowest BCUT2D eigenvalue weighted by molar-refractivity contribution is 0.373. The Balaban J connectivity index is 3.18. The summed E-state index contributed by atoms with van der Waals surface area (Å²) in [6.07, 6.45) is 3.38. The quantitative estimate of drug-likeness (QED) is 0.808. The number of rotatable bonds is 3. The highest BCUT2D eigenvalue weighted by molar-refractivity contribution is 6.32. The van der Waals surface area contributed by atoms with Gasteiger partial charge in [0.1, 0.15) is 0 Å². The van der Waals surface area contributed by atoms with E-state index in [1.54, 1.807) is 24.3 Å². The molecule has 0 amide bonds. The number of halogens is 1. The standard InChI is InChI=1S/C10H12ClNO2/c1-14-9-5-4-8(11)7(10(9)13)3-2-6-12/h2-5,13H,6,12H2,1H3/b3-2+. The van der Waals surface area contributed by atoms with Crippen LogP contribution in [-0.4, -0.2) is 18.8 Å². The van der Waals surface area contributed by atoms with Crippen molar-refractivity contribution >= 4 is 17.7 Å². The van der Waals surface area contributed by atoms with E-state index >= 15 is 0 Å². The molecule has 3 nitrogen and oxygen atoms in total. The van der Waals surface area contributed by atoms with Crippen molar-refractivity contribution in [3.05, 3.63) is 28.8 Å². The SMILES string of the molecule is COc1ccc(Cl)c(/C=C/CN)c1O. The number of phenolic OH excluding ortho intramolecular Hbond substituents is 1. The molecule has 0 aromatic heterocycles. The summed E-state index contributed by atoms with van der Waals surface area (Å²) in [5.74, 6) is 0.427. The van der Waals surface area contributed by atoms with Crippen LogP contribution in [0, 0.1) is 0 Å². The van der Waals surface area contributed by atoms with E-state index in [-0.39, 0.29) is 5.75 Å². The van der Waals surface area contributed by atoms with Crippen molar-refractivity contribution in [1.82, 2.24) is 0 Å². The van der Waals surface area contributed by atoms with Gasteiger partial charge in [0.25, 0.3) is 0 Å². The third kappa shape index (κ3) is 2.19. The minimum atomic E-state index is 0.0321. The second-order valence-electron chi connectivity index (χ2n) is 2.65. The molecule has 1 aromatic rings. The van der Waals surface area contributed by atoms with Crippen molar-refractivity contribution in [2.45, 2.75) is 0 Å². The Morgan fingerprint density at radius 1 is 1.57 bits per heavy atom. The van der Waals surface area contributed by atoms with E-state index < -0.39 is 0 Å². The fraction of sp³-hybridized carbons (Fsp3) is 0.200. The van der Waals surface area contributed by atoms with Gasteiger partial charge in [-0.05, 0) is 12.1 Å². The Bertz CT molecular complexity index is 350. The molecule has 76 valence electrons. The van der Waals surface area contributed by atoms with Crippen LogP contribution in [0.25, 0.3) is 6.08 Å². The minimum Gasteiger partial charge on any atom is -0.504 e. The number of phenols is 1. The molecule has 0 heterocycles. The van der Waals surface area contributed by atoms with Crippen LogP contribution in [0.2, 0.25) is 5.02 Å². The number of ether oxygens (including phenoxy) is 1. The molecule has 0 aliphatic carbocycles. The number of aromatic hydroxyl groups is 1. The molecule has 0 saturated carbocycles. The number of hydrogen-bond acceptors (Lipinski definition) is 3. The maximum atomic E-state index is 9.69. The maximum Gasteiger partial charge on any atom is 0.166 e. The highest BCUT2D eigenvalue weighted by Crippen LogP contribution is 2.35. The van der Waals surface area contributed by atoms with E-state index in [0.29, 0.717) is 22.9 Å². The van der Waals surface area contributed by atoms with Crippen molar-refractivity contribution in [2.75, 3.05) is 13.7 Å². The zero-order valence-electron chi connectivity index (χ0n) is 7.83. The second kappa shape index (κ2) is 4.88. The normalized spacial score (nSPS) is 10.8. The summed E-state index contributed by atoms with van der Waals surface area (Å²) in [6, 6.07) is 3.27. The molecule has 0 bridgehead atoms. The largest absolute Gasteiger partial charge is 0.504 e. The van der Waals surface area contributed by atoms with E-state index in [1.807, 2.05) is 0 Å². The molecular formula is C10H12ClNO2. The summed E-state index contributed by atoms with van der Waals surface area (Å²) in [5.41, 5.74) is 5.83. The molecule has 0 saturated heterocycles. The average Bonchev–Trinajstić information content (AvgIpc) is 2.18. The van der Waals surface area contributed by atoms with Crippen LogP contribution in [0.1, 0.15) is 5.56 Å². The first-order valence-electron chi connectivity index (χ1n) is 4.12. The minimum absolute atomic E-state index is 0.0321. The van der Waals surface area contributed by atoms with E-state index in [4.69, 9.17) is 22.1 Å². The topological polar surface area (TPSA) is 55.5 Å². The summed E-state index contributed by atoms with van der Waals surface area (Å²) < 4.78 is 4.95. The summed E-state index contributed by atoms with van der Waals surface area (Å²) in [6.45, 7) is 0.396. The lowest BCUT2D eigenvalue weighted by atomic mass is 10.1. The third-order valence-electron chi connectivity index (χ3n) is 1.77. The predicted octanol–water partition coefficient (Wildman–Crippen LogP) is 2.03. The monoisotopic (exact) mass is 213 g/mol. The second-order valence-corrected chi connectivity index (χ2v) is 3.06. The summed E-state index contributed by atoms with van der Waals surface area (Å²) in [7, 11) is 1.49. The van der Waals surface area contributed by atoms with E-state index in [2.05, 4.69) is 0 Å². The van der Waals surface area contributed by atoms with Crippen LogP contribution in [0.4, 0.5) is 0 Å². The lowest BCUT2D eigenvalue weighted by Gasteiger charge is -2.07. The Morgan fingerprint density at radius 2 is 2.29 bits per heavy atom. The summed E-state index contributed by atoms with van der Waals surface area (Å²) in [5, 5.41) is 10.2. The van der Waals surface area contributed by atoms with E-state index in [0.717, 1.165) is 0 Å². The van der Waals surface area contributed by atoms with Gasteiger partial charge < -0.3 is 15.6 Å². The van der Waals surface area contributed by atoms with Gasteiger partial charge in [-0.3, -0.25) is 0 Å².